The fourth-order valence-corrected chi connectivity index (χ4v) is 2.00. The second-order valence-electron chi connectivity index (χ2n) is 5.31. The third-order valence-corrected chi connectivity index (χ3v) is 3.36. The van der Waals surface area contributed by atoms with Gasteiger partial charge in [0.1, 0.15) is 0 Å². The third-order valence-electron chi connectivity index (χ3n) is 3.36. The van der Waals surface area contributed by atoms with Crippen LogP contribution >= 0.6 is 0 Å². The molecule has 0 aliphatic heterocycles. The number of carbonyl (C=O) groups excluding carboxylic acids is 1. The molecule has 0 fully saturated rings. The van der Waals surface area contributed by atoms with Crippen LogP contribution < -0.4 is 16.5 Å². The number of anilines is 1. The lowest BCUT2D eigenvalue weighted by Gasteiger charge is -2.09. The van der Waals surface area contributed by atoms with Crippen LogP contribution in [0.2, 0.25) is 0 Å². The third kappa shape index (κ3) is 5.52. The van der Waals surface area contributed by atoms with E-state index < -0.39 is 17.8 Å². The highest BCUT2D eigenvalue weighted by Crippen LogP contribution is 2.29. The first-order chi connectivity index (χ1) is 11.8. The van der Waals surface area contributed by atoms with E-state index in [1.165, 1.54) is 12.1 Å². The highest BCUT2D eigenvalue weighted by atomic mass is 19.4. The van der Waals surface area contributed by atoms with Crippen molar-refractivity contribution in [3.63, 3.8) is 0 Å². The maximum Gasteiger partial charge on any atom is 0.416 e. The summed E-state index contributed by atoms with van der Waals surface area (Å²) in [6.07, 6.45) is -4.42. The minimum absolute atomic E-state index is 0.0494. The van der Waals surface area contributed by atoms with Gasteiger partial charge in [0.05, 0.1) is 11.3 Å². The van der Waals surface area contributed by atoms with E-state index in [0.29, 0.717) is 17.0 Å². The summed E-state index contributed by atoms with van der Waals surface area (Å²) in [6.45, 7) is 1.66. The second-order valence-corrected chi connectivity index (χ2v) is 5.31. The number of halogens is 3. The van der Waals surface area contributed by atoms with Crippen molar-refractivity contribution in [2.24, 2.45) is 5.10 Å². The first kappa shape index (κ1) is 18.3. The zero-order chi connectivity index (χ0) is 18.4. The molecular formula is C17H17F3N4O. The fraction of sp³-hybridized carbons (Fsp3) is 0.176. The van der Waals surface area contributed by atoms with Crippen molar-refractivity contribution in [2.45, 2.75) is 19.6 Å². The molecule has 25 heavy (non-hydrogen) atoms. The number of amides is 2. The van der Waals surface area contributed by atoms with E-state index in [0.717, 1.165) is 17.7 Å². The smallest absolute Gasteiger partial charge is 0.399 e. The Morgan fingerprint density at radius 3 is 2.48 bits per heavy atom. The molecule has 0 bridgehead atoms. The number of hydrogen-bond acceptors (Lipinski definition) is 3. The summed E-state index contributed by atoms with van der Waals surface area (Å²) < 4.78 is 37.9. The highest BCUT2D eigenvalue weighted by molar-refractivity contribution is 5.99. The lowest BCUT2D eigenvalue weighted by molar-refractivity contribution is -0.137. The predicted molar refractivity (Wildman–Crippen MR) is 89.9 cm³/mol. The Hall–Kier alpha value is -3.03. The first-order valence-corrected chi connectivity index (χ1v) is 7.36. The average molecular weight is 350 g/mol. The molecule has 0 atom stereocenters. The molecule has 0 saturated carbocycles. The standard InChI is InChI=1S/C17H17F3N4O/c1-11(13-5-7-15(21)8-6-13)23-24-16(25)22-10-12-3-2-4-14(9-12)17(18,19)20/h2-9H,10,21H2,1H3,(H2,22,24,25). The normalized spacial score (nSPS) is 11.9. The van der Waals surface area contributed by atoms with Gasteiger partial charge >= 0.3 is 12.2 Å². The minimum atomic E-state index is -4.42. The largest absolute Gasteiger partial charge is 0.416 e. The molecule has 0 unspecified atom stereocenters. The van der Waals surface area contributed by atoms with E-state index in [1.54, 1.807) is 31.2 Å². The van der Waals surface area contributed by atoms with Gasteiger partial charge in [-0.3, -0.25) is 0 Å². The summed E-state index contributed by atoms with van der Waals surface area (Å²) in [5, 5.41) is 6.38. The molecule has 132 valence electrons. The number of nitrogens with two attached hydrogens (primary N) is 1. The molecule has 2 aromatic rings. The van der Waals surface area contributed by atoms with Gasteiger partial charge in [-0.15, -0.1) is 0 Å². The Balaban J connectivity index is 1.90. The van der Waals surface area contributed by atoms with Gasteiger partial charge in [0.2, 0.25) is 0 Å². The lowest BCUT2D eigenvalue weighted by Crippen LogP contribution is -2.32. The van der Waals surface area contributed by atoms with Gasteiger partial charge in [0.25, 0.3) is 0 Å². The fourth-order valence-electron chi connectivity index (χ4n) is 2.00. The van der Waals surface area contributed by atoms with E-state index in [9.17, 15) is 18.0 Å². The summed E-state index contributed by atoms with van der Waals surface area (Å²) in [5.74, 6) is 0. The SMILES string of the molecule is CC(=NNC(=O)NCc1cccc(C(F)(F)F)c1)c1ccc(N)cc1. The molecule has 0 saturated heterocycles. The van der Waals surface area contributed by atoms with Crippen molar-refractivity contribution >= 4 is 17.4 Å². The second kappa shape index (κ2) is 7.69. The Labute approximate surface area is 142 Å². The monoisotopic (exact) mass is 350 g/mol. The van der Waals surface area contributed by atoms with Gasteiger partial charge in [-0.1, -0.05) is 24.3 Å². The van der Waals surface area contributed by atoms with E-state index in [2.05, 4.69) is 15.8 Å². The van der Waals surface area contributed by atoms with E-state index in [1.807, 2.05) is 0 Å². The summed E-state index contributed by atoms with van der Waals surface area (Å²) in [5.41, 5.74) is 9.43. The van der Waals surface area contributed by atoms with Gasteiger partial charge in [-0.2, -0.15) is 18.3 Å². The molecule has 0 heterocycles. The molecule has 2 aromatic carbocycles. The number of alkyl halides is 3. The molecule has 0 radical (unpaired) electrons. The zero-order valence-electron chi connectivity index (χ0n) is 13.4. The quantitative estimate of drug-likeness (QED) is 0.448. The van der Waals surface area contributed by atoms with E-state index in [-0.39, 0.29) is 6.54 Å². The van der Waals surface area contributed by atoms with Gasteiger partial charge in [-0.25, -0.2) is 10.2 Å². The summed E-state index contributed by atoms with van der Waals surface area (Å²) in [6, 6.07) is 11.1. The predicted octanol–water partition coefficient (Wildman–Crippen LogP) is 3.51. The molecule has 0 aromatic heterocycles. The minimum Gasteiger partial charge on any atom is -0.399 e. The zero-order valence-corrected chi connectivity index (χ0v) is 13.4. The van der Waals surface area contributed by atoms with Crippen LogP contribution in [0.3, 0.4) is 0 Å². The Morgan fingerprint density at radius 1 is 1.16 bits per heavy atom. The van der Waals surface area contributed by atoms with E-state index in [4.69, 9.17) is 5.73 Å². The highest BCUT2D eigenvalue weighted by Gasteiger charge is 2.30. The molecule has 8 heteroatoms. The van der Waals surface area contributed by atoms with Gasteiger partial charge in [0, 0.05) is 12.2 Å². The van der Waals surface area contributed by atoms with Crippen LogP contribution in [0, 0.1) is 0 Å². The van der Waals surface area contributed by atoms with Crippen LogP contribution in [0.1, 0.15) is 23.6 Å². The Kier molecular flexibility index (Phi) is 5.63. The number of nitrogens with one attached hydrogen (secondary N) is 2. The molecular weight excluding hydrogens is 333 g/mol. The van der Waals surface area contributed by atoms with Crippen LogP contribution in [0.25, 0.3) is 0 Å². The number of carbonyl (C=O) groups is 1. The van der Waals surface area contributed by atoms with Crippen LogP contribution in [0.15, 0.2) is 53.6 Å². The lowest BCUT2D eigenvalue weighted by atomic mass is 10.1. The number of nitrogen functional groups attached to an aromatic ring is 1. The number of hydrogen-bond donors (Lipinski definition) is 3. The van der Waals surface area contributed by atoms with Crippen LogP contribution in [0.5, 0.6) is 0 Å². The first-order valence-electron chi connectivity index (χ1n) is 7.36. The topological polar surface area (TPSA) is 79.5 Å². The van der Waals surface area contributed by atoms with Crippen molar-refractivity contribution in [1.29, 1.82) is 0 Å². The summed E-state index contributed by atoms with van der Waals surface area (Å²) >= 11 is 0. The number of hydrazone groups is 1. The Morgan fingerprint density at radius 2 is 1.84 bits per heavy atom. The average Bonchev–Trinajstić information content (AvgIpc) is 2.58. The summed E-state index contributed by atoms with van der Waals surface area (Å²) in [4.78, 5) is 11.7. The van der Waals surface area contributed by atoms with Crippen LogP contribution in [0.4, 0.5) is 23.7 Å². The van der Waals surface area contributed by atoms with Crippen molar-refractivity contribution in [3.05, 3.63) is 65.2 Å². The number of urea groups is 1. The van der Waals surface area contributed by atoms with Crippen molar-refractivity contribution < 1.29 is 18.0 Å². The molecule has 2 rings (SSSR count). The molecule has 4 N–H and O–H groups in total. The molecule has 5 nitrogen and oxygen atoms in total. The van der Waals surface area contributed by atoms with Crippen LogP contribution in [-0.2, 0) is 12.7 Å². The van der Waals surface area contributed by atoms with Gasteiger partial charge < -0.3 is 11.1 Å². The number of benzene rings is 2. The number of nitrogens with zero attached hydrogens (tertiary/aromatic N) is 1. The van der Waals surface area contributed by atoms with Crippen molar-refractivity contribution in [3.8, 4) is 0 Å². The van der Waals surface area contributed by atoms with Crippen LogP contribution in [-0.4, -0.2) is 11.7 Å². The van der Waals surface area contributed by atoms with Crippen molar-refractivity contribution in [1.82, 2.24) is 10.7 Å². The maximum absolute atomic E-state index is 12.6. The molecule has 0 aliphatic carbocycles. The van der Waals surface area contributed by atoms with Gasteiger partial charge in [0.15, 0.2) is 0 Å². The molecule has 2 amide bonds. The Bertz CT molecular complexity index is 770. The molecule has 0 aliphatic rings. The molecule has 0 spiro atoms. The van der Waals surface area contributed by atoms with E-state index >= 15 is 0 Å². The van der Waals surface area contributed by atoms with Gasteiger partial charge in [-0.05, 0) is 42.3 Å². The summed E-state index contributed by atoms with van der Waals surface area (Å²) in [7, 11) is 0. The number of rotatable bonds is 4. The van der Waals surface area contributed by atoms with Crippen molar-refractivity contribution in [2.75, 3.05) is 5.73 Å². The maximum atomic E-state index is 12.6.